The maximum atomic E-state index is 12.6. The summed E-state index contributed by atoms with van der Waals surface area (Å²) in [7, 11) is 0. The smallest absolute Gasteiger partial charge is 0.320 e. The molecular formula is C16H21N3O. The fourth-order valence-corrected chi connectivity index (χ4v) is 3.84. The maximum Gasteiger partial charge on any atom is 0.320 e. The zero-order chi connectivity index (χ0) is 13.5. The minimum absolute atomic E-state index is 0.258. The second-order valence-electron chi connectivity index (χ2n) is 6.26. The maximum absolute atomic E-state index is 12.6. The average Bonchev–Trinajstić information content (AvgIpc) is 3.00. The first-order valence-electron chi connectivity index (χ1n) is 7.64. The van der Waals surface area contributed by atoms with Gasteiger partial charge in [0.2, 0.25) is 0 Å². The van der Waals surface area contributed by atoms with E-state index in [1.807, 2.05) is 11.0 Å². The van der Waals surface area contributed by atoms with Crippen LogP contribution in [-0.4, -0.2) is 54.6 Å². The summed E-state index contributed by atoms with van der Waals surface area (Å²) in [6, 6.07) is 11.2. The first-order valence-corrected chi connectivity index (χ1v) is 7.64. The second-order valence-corrected chi connectivity index (χ2v) is 6.26. The molecule has 0 aromatic heterocycles. The molecule has 4 rings (SSSR count). The summed E-state index contributed by atoms with van der Waals surface area (Å²) in [5.74, 6) is 1.21. The normalized spacial score (nSPS) is 29.4. The Kier molecular flexibility index (Phi) is 2.91. The van der Waals surface area contributed by atoms with Crippen LogP contribution in [0.5, 0.6) is 0 Å². The van der Waals surface area contributed by atoms with Crippen LogP contribution in [0.15, 0.2) is 30.3 Å². The molecule has 0 radical (unpaired) electrons. The summed E-state index contributed by atoms with van der Waals surface area (Å²) >= 11 is 0. The number of carbonyl (C=O) groups is 1. The van der Waals surface area contributed by atoms with E-state index >= 15 is 0 Å². The van der Waals surface area contributed by atoms with Gasteiger partial charge in [-0.15, -0.1) is 0 Å². The molecule has 0 spiro atoms. The Hall–Kier alpha value is -1.55. The number of fused-ring (bicyclic) bond motifs is 1. The number of hydrogen-bond acceptors (Lipinski definition) is 2. The van der Waals surface area contributed by atoms with Crippen molar-refractivity contribution >= 4 is 6.03 Å². The lowest BCUT2D eigenvalue weighted by Gasteiger charge is -2.42. The van der Waals surface area contributed by atoms with Crippen molar-refractivity contribution in [1.29, 1.82) is 0 Å². The summed E-state index contributed by atoms with van der Waals surface area (Å²) in [6.45, 7) is 4.77. The van der Waals surface area contributed by atoms with E-state index in [9.17, 15) is 4.79 Å². The molecule has 2 amide bonds. The Morgan fingerprint density at radius 3 is 2.75 bits per heavy atom. The predicted molar refractivity (Wildman–Crippen MR) is 77.6 cm³/mol. The van der Waals surface area contributed by atoms with Gasteiger partial charge in [0.15, 0.2) is 0 Å². The zero-order valence-corrected chi connectivity index (χ0v) is 11.7. The predicted octanol–water partition coefficient (Wildman–Crippen LogP) is 1.50. The van der Waals surface area contributed by atoms with Crippen LogP contribution in [0.4, 0.5) is 4.79 Å². The molecule has 3 saturated heterocycles. The van der Waals surface area contributed by atoms with Crippen LogP contribution in [-0.2, 0) is 0 Å². The van der Waals surface area contributed by atoms with Gasteiger partial charge in [0.25, 0.3) is 0 Å². The summed E-state index contributed by atoms with van der Waals surface area (Å²) in [6.07, 6.45) is 1.17. The molecule has 3 aliphatic heterocycles. The molecule has 0 bridgehead atoms. The molecule has 3 heterocycles. The van der Waals surface area contributed by atoms with Crippen LogP contribution in [0.3, 0.4) is 0 Å². The van der Waals surface area contributed by atoms with E-state index in [1.165, 1.54) is 12.0 Å². The topological polar surface area (TPSA) is 35.6 Å². The Morgan fingerprint density at radius 1 is 1.15 bits per heavy atom. The van der Waals surface area contributed by atoms with Crippen LogP contribution in [0, 0.1) is 5.92 Å². The minimum atomic E-state index is 0.258. The molecule has 20 heavy (non-hydrogen) atoms. The Bertz CT molecular complexity index is 498. The molecule has 4 heteroatoms. The van der Waals surface area contributed by atoms with Gasteiger partial charge in [0.05, 0.1) is 0 Å². The highest BCUT2D eigenvalue weighted by Gasteiger charge is 2.43. The van der Waals surface area contributed by atoms with Crippen molar-refractivity contribution in [2.75, 3.05) is 32.7 Å². The monoisotopic (exact) mass is 271 g/mol. The largest absolute Gasteiger partial charge is 0.323 e. The van der Waals surface area contributed by atoms with Crippen LogP contribution in [0.25, 0.3) is 0 Å². The lowest BCUT2D eigenvalue weighted by molar-refractivity contribution is 0.110. The Labute approximate surface area is 119 Å². The van der Waals surface area contributed by atoms with Crippen molar-refractivity contribution < 1.29 is 4.79 Å². The third-order valence-corrected chi connectivity index (χ3v) is 5.11. The van der Waals surface area contributed by atoms with Crippen molar-refractivity contribution in [3.8, 4) is 0 Å². The molecule has 0 saturated carbocycles. The van der Waals surface area contributed by atoms with Gasteiger partial charge in [-0.1, -0.05) is 30.3 Å². The molecule has 1 N–H and O–H groups in total. The van der Waals surface area contributed by atoms with Crippen molar-refractivity contribution in [2.45, 2.75) is 18.4 Å². The third kappa shape index (κ3) is 1.90. The van der Waals surface area contributed by atoms with E-state index in [0.717, 1.165) is 32.7 Å². The number of nitrogens with one attached hydrogen (secondary N) is 1. The highest BCUT2D eigenvalue weighted by Crippen LogP contribution is 2.32. The number of urea groups is 1. The van der Waals surface area contributed by atoms with E-state index in [0.29, 0.717) is 17.9 Å². The highest BCUT2D eigenvalue weighted by atomic mass is 16.2. The van der Waals surface area contributed by atoms with Crippen LogP contribution >= 0.6 is 0 Å². The Balaban J connectivity index is 1.38. The SMILES string of the molecule is O=C(N1CC(c2ccccc2)C1)N1CC[C@@H]2CNC[C@@H]21. The summed E-state index contributed by atoms with van der Waals surface area (Å²) in [4.78, 5) is 16.7. The number of benzene rings is 1. The van der Waals surface area contributed by atoms with Crippen molar-refractivity contribution in [2.24, 2.45) is 5.92 Å². The van der Waals surface area contributed by atoms with E-state index in [2.05, 4.69) is 34.5 Å². The van der Waals surface area contributed by atoms with Crippen molar-refractivity contribution in [3.05, 3.63) is 35.9 Å². The van der Waals surface area contributed by atoms with Gasteiger partial charge in [-0.05, 0) is 17.9 Å². The van der Waals surface area contributed by atoms with Crippen molar-refractivity contribution in [1.82, 2.24) is 15.1 Å². The first-order chi connectivity index (χ1) is 9.83. The van der Waals surface area contributed by atoms with Crippen LogP contribution < -0.4 is 5.32 Å². The molecule has 4 nitrogen and oxygen atoms in total. The third-order valence-electron chi connectivity index (χ3n) is 5.11. The van der Waals surface area contributed by atoms with Gasteiger partial charge in [-0.25, -0.2) is 4.79 Å². The van der Waals surface area contributed by atoms with E-state index < -0.39 is 0 Å². The highest BCUT2D eigenvalue weighted by molar-refractivity contribution is 5.76. The van der Waals surface area contributed by atoms with Gasteiger partial charge in [-0.2, -0.15) is 0 Å². The summed E-state index contributed by atoms with van der Waals surface area (Å²) in [5.41, 5.74) is 1.36. The number of carbonyl (C=O) groups excluding carboxylic acids is 1. The number of nitrogens with zero attached hydrogens (tertiary/aromatic N) is 2. The van der Waals surface area contributed by atoms with Gasteiger partial charge in [0.1, 0.15) is 0 Å². The van der Waals surface area contributed by atoms with Crippen LogP contribution in [0.1, 0.15) is 17.9 Å². The van der Waals surface area contributed by atoms with E-state index in [1.54, 1.807) is 0 Å². The lowest BCUT2D eigenvalue weighted by Crippen LogP contribution is -2.55. The molecular weight excluding hydrogens is 250 g/mol. The number of likely N-dealkylation sites (tertiary alicyclic amines) is 2. The molecule has 1 aromatic rings. The lowest BCUT2D eigenvalue weighted by atomic mass is 9.92. The molecule has 106 valence electrons. The molecule has 0 unspecified atom stereocenters. The molecule has 3 fully saturated rings. The average molecular weight is 271 g/mol. The van der Waals surface area contributed by atoms with Gasteiger partial charge >= 0.3 is 6.03 Å². The quantitative estimate of drug-likeness (QED) is 0.840. The molecule has 0 aliphatic carbocycles. The zero-order valence-electron chi connectivity index (χ0n) is 11.7. The van der Waals surface area contributed by atoms with Crippen molar-refractivity contribution in [3.63, 3.8) is 0 Å². The fourth-order valence-electron chi connectivity index (χ4n) is 3.84. The summed E-state index contributed by atoms with van der Waals surface area (Å²) < 4.78 is 0. The second kappa shape index (κ2) is 4.77. The standard InChI is InChI=1S/C16H21N3O/c20-16(19-7-6-13-8-17-9-15(13)19)18-10-14(11-18)12-4-2-1-3-5-12/h1-5,13-15,17H,6-11H2/t13-,15+/m1/s1. The Morgan fingerprint density at radius 2 is 1.95 bits per heavy atom. The van der Waals surface area contributed by atoms with E-state index in [4.69, 9.17) is 0 Å². The van der Waals surface area contributed by atoms with Gasteiger partial charge in [-0.3, -0.25) is 0 Å². The number of rotatable bonds is 1. The molecule has 1 aromatic carbocycles. The molecule has 3 aliphatic rings. The fraction of sp³-hybridized carbons (Fsp3) is 0.562. The number of hydrogen-bond donors (Lipinski definition) is 1. The van der Waals surface area contributed by atoms with Gasteiger partial charge in [0, 0.05) is 44.7 Å². The number of amides is 2. The van der Waals surface area contributed by atoms with E-state index in [-0.39, 0.29) is 6.03 Å². The molecule has 2 atom stereocenters. The van der Waals surface area contributed by atoms with Gasteiger partial charge < -0.3 is 15.1 Å². The first kappa shape index (κ1) is 12.2. The minimum Gasteiger partial charge on any atom is -0.323 e. The summed E-state index contributed by atoms with van der Waals surface area (Å²) in [5, 5.41) is 3.41. The van der Waals surface area contributed by atoms with Crippen LogP contribution in [0.2, 0.25) is 0 Å².